The number of nitrogens with zero attached hydrogens (tertiary/aromatic N) is 3. The van der Waals surface area contributed by atoms with Crippen molar-refractivity contribution in [3.8, 4) is 17.3 Å². The van der Waals surface area contributed by atoms with Crippen LogP contribution < -0.4 is 0 Å². The highest BCUT2D eigenvalue weighted by molar-refractivity contribution is 6.31. The first-order chi connectivity index (χ1) is 9.13. The van der Waals surface area contributed by atoms with Crippen molar-refractivity contribution in [2.75, 3.05) is 0 Å². The van der Waals surface area contributed by atoms with Gasteiger partial charge in [0, 0.05) is 16.3 Å². The van der Waals surface area contributed by atoms with Crippen LogP contribution in [0.4, 0.5) is 0 Å². The molecule has 0 saturated heterocycles. The topological polar surface area (TPSA) is 49.6 Å². The van der Waals surface area contributed by atoms with E-state index in [1.807, 2.05) is 37.3 Å². The molecule has 0 bridgehead atoms. The van der Waals surface area contributed by atoms with Crippen LogP contribution in [-0.2, 0) is 6.42 Å². The van der Waals surface area contributed by atoms with Gasteiger partial charge in [0.2, 0.25) is 5.82 Å². The molecule has 2 rings (SSSR count). The molecule has 1 aromatic carbocycles. The number of aromatic nitrogens is 2. The van der Waals surface area contributed by atoms with Gasteiger partial charge in [-0.1, -0.05) is 37.1 Å². The molecule has 4 heteroatoms. The summed E-state index contributed by atoms with van der Waals surface area (Å²) in [4.78, 5) is 8.45. The van der Waals surface area contributed by atoms with E-state index < -0.39 is 0 Å². The molecule has 0 aliphatic heterocycles. The Bertz CT molecular complexity index is 644. The maximum atomic E-state index is 9.00. The molecule has 0 unspecified atom stereocenters. The fourth-order valence-corrected chi connectivity index (χ4v) is 2.01. The smallest absolute Gasteiger partial charge is 0.224 e. The molecule has 1 aromatic heterocycles. The molecule has 0 atom stereocenters. The summed E-state index contributed by atoms with van der Waals surface area (Å²) in [6.07, 6.45) is 1.82. The van der Waals surface area contributed by atoms with Gasteiger partial charge in [0.05, 0.1) is 5.69 Å². The summed E-state index contributed by atoms with van der Waals surface area (Å²) < 4.78 is 0. The Morgan fingerprint density at radius 2 is 2.05 bits per heavy atom. The van der Waals surface area contributed by atoms with Gasteiger partial charge < -0.3 is 0 Å². The fourth-order valence-electron chi connectivity index (χ4n) is 1.83. The van der Waals surface area contributed by atoms with E-state index in [1.165, 1.54) is 0 Å². The van der Waals surface area contributed by atoms with Crippen LogP contribution in [0.3, 0.4) is 0 Å². The van der Waals surface area contributed by atoms with E-state index in [9.17, 15) is 0 Å². The lowest BCUT2D eigenvalue weighted by atomic mass is 10.1. The number of aryl methyl sites for hydroxylation is 2. The second-order valence-electron chi connectivity index (χ2n) is 4.39. The number of hydrogen-bond acceptors (Lipinski definition) is 3. The summed E-state index contributed by atoms with van der Waals surface area (Å²) in [6.45, 7) is 4.03. The molecule has 3 nitrogen and oxygen atoms in total. The monoisotopic (exact) mass is 271 g/mol. The van der Waals surface area contributed by atoms with Crippen LogP contribution in [0.5, 0.6) is 0 Å². The summed E-state index contributed by atoms with van der Waals surface area (Å²) in [5, 5.41) is 9.70. The molecule has 0 spiro atoms. The minimum Gasteiger partial charge on any atom is -0.224 e. The van der Waals surface area contributed by atoms with E-state index >= 15 is 0 Å². The van der Waals surface area contributed by atoms with Crippen LogP contribution >= 0.6 is 11.6 Å². The van der Waals surface area contributed by atoms with Crippen LogP contribution in [0.1, 0.15) is 30.4 Å². The van der Waals surface area contributed by atoms with Crippen LogP contribution in [0.25, 0.3) is 11.3 Å². The SMILES string of the molecule is CCCc1cc(-c2ccc(C)c(Cl)c2)nc(C#N)n1. The maximum absolute atomic E-state index is 9.00. The van der Waals surface area contributed by atoms with Crippen LogP contribution in [0.2, 0.25) is 5.02 Å². The third-order valence-corrected chi connectivity index (χ3v) is 3.26. The quantitative estimate of drug-likeness (QED) is 0.850. The minimum absolute atomic E-state index is 0.206. The zero-order valence-electron chi connectivity index (χ0n) is 10.9. The molecular formula is C15H14ClN3. The summed E-state index contributed by atoms with van der Waals surface area (Å²) in [5.74, 6) is 0.206. The summed E-state index contributed by atoms with van der Waals surface area (Å²) in [7, 11) is 0. The lowest BCUT2D eigenvalue weighted by molar-refractivity contribution is 0.868. The largest absolute Gasteiger partial charge is 0.232 e. The molecule has 96 valence electrons. The predicted molar refractivity (Wildman–Crippen MR) is 75.9 cm³/mol. The van der Waals surface area contributed by atoms with Gasteiger partial charge in [-0.05, 0) is 31.0 Å². The van der Waals surface area contributed by atoms with E-state index in [1.54, 1.807) is 0 Å². The number of halogens is 1. The average molecular weight is 272 g/mol. The molecule has 1 heterocycles. The molecule has 0 saturated carbocycles. The Kier molecular flexibility index (Phi) is 4.13. The molecule has 2 aromatic rings. The second-order valence-corrected chi connectivity index (χ2v) is 4.80. The molecule has 0 N–H and O–H groups in total. The average Bonchev–Trinajstić information content (AvgIpc) is 2.42. The molecular weight excluding hydrogens is 258 g/mol. The minimum atomic E-state index is 0.206. The van der Waals surface area contributed by atoms with E-state index in [0.29, 0.717) is 5.02 Å². The van der Waals surface area contributed by atoms with E-state index in [4.69, 9.17) is 16.9 Å². The van der Waals surface area contributed by atoms with Crippen LogP contribution in [0.15, 0.2) is 24.3 Å². The lowest BCUT2D eigenvalue weighted by Gasteiger charge is -2.06. The van der Waals surface area contributed by atoms with Crippen molar-refractivity contribution in [1.29, 1.82) is 5.26 Å². The first-order valence-corrected chi connectivity index (χ1v) is 6.56. The highest BCUT2D eigenvalue weighted by atomic mass is 35.5. The van der Waals surface area contributed by atoms with Crippen molar-refractivity contribution in [3.63, 3.8) is 0 Å². The zero-order chi connectivity index (χ0) is 13.8. The van der Waals surface area contributed by atoms with Gasteiger partial charge >= 0.3 is 0 Å². The van der Waals surface area contributed by atoms with Gasteiger partial charge in [-0.3, -0.25) is 0 Å². The first-order valence-electron chi connectivity index (χ1n) is 6.18. The van der Waals surface area contributed by atoms with Gasteiger partial charge in [-0.2, -0.15) is 5.26 Å². The highest BCUT2D eigenvalue weighted by Crippen LogP contribution is 2.24. The summed E-state index contributed by atoms with van der Waals surface area (Å²) in [5.41, 5.74) is 3.57. The van der Waals surface area contributed by atoms with Gasteiger partial charge in [0.25, 0.3) is 0 Å². The molecule has 0 amide bonds. The third-order valence-electron chi connectivity index (χ3n) is 2.85. The number of rotatable bonds is 3. The summed E-state index contributed by atoms with van der Waals surface area (Å²) >= 11 is 6.13. The van der Waals surface area contributed by atoms with Gasteiger partial charge in [-0.25, -0.2) is 9.97 Å². The van der Waals surface area contributed by atoms with Crippen molar-refractivity contribution in [2.24, 2.45) is 0 Å². The molecule has 0 aliphatic rings. The normalized spacial score (nSPS) is 10.2. The van der Waals surface area contributed by atoms with Gasteiger partial charge in [0.15, 0.2) is 0 Å². The Labute approximate surface area is 117 Å². The molecule has 0 radical (unpaired) electrons. The first kappa shape index (κ1) is 13.5. The van der Waals surface area contributed by atoms with Crippen LogP contribution in [-0.4, -0.2) is 9.97 Å². The van der Waals surface area contributed by atoms with E-state index in [0.717, 1.165) is 35.4 Å². The third kappa shape index (κ3) is 3.10. The molecule has 19 heavy (non-hydrogen) atoms. The predicted octanol–water partition coefficient (Wildman–Crippen LogP) is 3.93. The number of hydrogen-bond donors (Lipinski definition) is 0. The zero-order valence-corrected chi connectivity index (χ0v) is 11.7. The van der Waals surface area contributed by atoms with Crippen molar-refractivity contribution < 1.29 is 0 Å². The Morgan fingerprint density at radius 3 is 2.68 bits per heavy atom. The second kappa shape index (κ2) is 5.81. The van der Waals surface area contributed by atoms with E-state index in [2.05, 4.69) is 16.9 Å². The van der Waals surface area contributed by atoms with Gasteiger partial charge in [0.1, 0.15) is 6.07 Å². The van der Waals surface area contributed by atoms with Crippen molar-refractivity contribution in [3.05, 3.63) is 46.4 Å². The van der Waals surface area contributed by atoms with Gasteiger partial charge in [-0.15, -0.1) is 0 Å². The number of benzene rings is 1. The van der Waals surface area contributed by atoms with Crippen molar-refractivity contribution in [2.45, 2.75) is 26.7 Å². The molecule has 0 fully saturated rings. The lowest BCUT2D eigenvalue weighted by Crippen LogP contribution is -1.98. The van der Waals surface area contributed by atoms with E-state index in [-0.39, 0.29) is 5.82 Å². The summed E-state index contributed by atoms with van der Waals surface area (Å²) in [6, 6.07) is 9.71. The highest BCUT2D eigenvalue weighted by Gasteiger charge is 2.07. The Balaban J connectivity index is 2.51. The maximum Gasteiger partial charge on any atom is 0.232 e. The molecule has 0 aliphatic carbocycles. The number of nitriles is 1. The Hall–Kier alpha value is -1.92. The van der Waals surface area contributed by atoms with Crippen molar-refractivity contribution in [1.82, 2.24) is 9.97 Å². The Morgan fingerprint density at radius 1 is 1.26 bits per heavy atom. The standard InChI is InChI=1S/C15H14ClN3/c1-3-4-12-8-14(19-15(9-17)18-12)11-6-5-10(2)13(16)7-11/h5-8H,3-4H2,1-2H3. The van der Waals surface area contributed by atoms with Crippen LogP contribution in [0, 0.1) is 18.3 Å². The van der Waals surface area contributed by atoms with Crippen molar-refractivity contribution >= 4 is 11.6 Å². The fraction of sp³-hybridized carbons (Fsp3) is 0.267.